The molecule has 1 aromatic heterocycles. The number of rotatable bonds is 0. The zero-order chi connectivity index (χ0) is 6.15. The number of hydrogen-bond acceptors (Lipinski definition) is 3. The average Bonchev–Trinajstić information content (AvgIpc) is 1.98. The molecule has 1 aromatic rings. The van der Waals surface area contributed by atoms with Crippen molar-refractivity contribution < 1.29 is 0 Å². The van der Waals surface area contributed by atoms with Gasteiger partial charge in [-0.2, -0.15) is 4.37 Å². The lowest BCUT2D eigenvalue weighted by molar-refractivity contribution is 1.37. The first-order valence-corrected chi connectivity index (χ1v) is 4.17. The Hall–Kier alpha value is -0.0375. The molecule has 1 heterocycles. The van der Waals surface area contributed by atoms with Gasteiger partial charge >= 0.3 is 0 Å². The molecular formula is C4H7AlN2S. The Balaban J connectivity index is 3.19. The molecule has 42 valence electrons. The van der Waals surface area contributed by atoms with E-state index >= 15 is 0 Å². The summed E-state index contributed by atoms with van der Waals surface area (Å²) in [5.41, 5.74) is 6.64. The minimum Gasteiger partial charge on any atom is -0.390 e. The van der Waals surface area contributed by atoms with Crippen LogP contribution in [0.2, 0.25) is 0 Å². The van der Waals surface area contributed by atoms with Gasteiger partial charge < -0.3 is 5.73 Å². The van der Waals surface area contributed by atoms with Crippen LogP contribution in [0, 0.1) is 6.92 Å². The lowest BCUT2D eigenvalue weighted by Gasteiger charge is -1.84. The highest BCUT2D eigenvalue weighted by Gasteiger charge is 1.98. The van der Waals surface area contributed by atoms with Crippen molar-refractivity contribution >= 4 is 37.2 Å². The van der Waals surface area contributed by atoms with Crippen LogP contribution >= 0.6 is 11.5 Å². The Labute approximate surface area is 60.3 Å². The second kappa shape index (κ2) is 2.06. The number of nitrogen functional groups attached to an aromatic ring is 1. The summed E-state index contributed by atoms with van der Waals surface area (Å²) in [6.45, 7) is 2.00. The molecule has 0 aliphatic heterocycles. The van der Waals surface area contributed by atoms with E-state index in [0.717, 1.165) is 27.0 Å². The summed E-state index contributed by atoms with van der Waals surface area (Å²) in [5.74, 6) is 0. The standard InChI is InChI=1S/C4H5N2S.Al.2H/c1-3-2-4(5)7-6-3;;;/h5H2,1H3;;;. The van der Waals surface area contributed by atoms with E-state index in [4.69, 9.17) is 5.73 Å². The smallest absolute Gasteiger partial charge is 0.266 e. The van der Waals surface area contributed by atoms with Crippen molar-refractivity contribution in [3.05, 3.63) is 5.69 Å². The zero-order valence-corrected chi connectivity index (χ0v) is 7.75. The summed E-state index contributed by atoms with van der Waals surface area (Å²) >= 11 is 2.42. The molecule has 0 aromatic carbocycles. The van der Waals surface area contributed by atoms with E-state index in [-0.39, 0.29) is 0 Å². The Morgan fingerprint density at radius 1 is 1.75 bits per heavy atom. The molecule has 0 aliphatic carbocycles. The molecule has 4 heteroatoms. The fourth-order valence-corrected chi connectivity index (χ4v) is 1.64. The monoisotopic (exact) mass is 142 g/mol. The van der Waals surface area contributed by atoms with Crippen LogP contribution in [0.3, 0.4) is 0 Å². The first kappa shape index (κ1) is 6.09. The molecule has 0 radical (unpaired) electrons. The number of aryl methyl sites for hydroxylation is 1. The third-order valence-corrected chi connectivity index (χ3v) is 3.69. The van der Waals surface area contributed by atoms with Crippen LogP contribution in [0.4, 0.5) is 5.00 Å². The van der Waals surface area contributed by atoms with E-state index < -0.39 is 0 Å². The third-order valence-electron chi connectivity index (χ3n) is 1.19. The molecule has 2 nitrogen and oxygen atoms in total. The highest BCUT2D eigenvalue weighted by molar-refractivity contribution is 7.11. The molecular weight excluding hydrogens is 135 g/mol. The van der Waals surface area contributed by atoms with E-state index in [1.54, 1.807) is 0 Å². The van der Waals surface area contributed by atoms with Gasteiger partial charge in [0.05, 0.1) is 5.00 Å². The van der Waals surface area contributed by atoms with E-state index in [1.165, 1.54) is 16.0 Å². The number of nitrogens with zero attached hydrogens (tertiary/aromatic N) is 1. The highest BCUT2D eigenvalue weighted by Crippen LogP contribution is 2.04. The van der Waals surface area contributed by atoms with Gasteiger partial charge in [0.25, 0.3) is 16.3 Å². The summed E-state index contributed by atoms with van der Waals surface area (Å²) < 4.78 is 5.33. The van der Waals surface area contributed by atoms with Crippen molar-refractivity contribution in [2.75, 3.05) is 5.73 Å². The predicted molar refractivity (Wildman–Crippen MR) is 39.4 cm³/mol. The number of anilines is 1. The van der Waals surface area contributed by atoms with Crippen molar-refractivity contribution in [1.82, 2.24) is 4.37 Å². The summed E-state index contributed by atoms with van der Waals surface area (Å²) in [7, 11) is 0. The summed E-state index contributed by atoms with van der Waals surface area (Å²) in [5, 5.41) is 0.897. The summed E-state index contributed by atoms with van der Waals surface area (Å²) in [6.07, 6.45) is 0. The first-order valence-electron chi connectivity index (χ1n) is 2.40. The largest absolute Gasteiger partial charge is 0.390 e. The molecule has 0 saturated carbocycles. The van der Waals surface area contributed by atoms with E-state index in [0.29, 0.717) is 0 Å². The topological polar surface area (TPSA) is 38.9 Å². The van der Waals surface area contributed by atoms with Crippen molar-refractivity contribution in [3.8, 4) is 0 Å². The van der Waals surface area contributed by atoms with Gasteiger partial charge in [0, 0.05) is 5.69 Å². The van der Waals surface area contributed by atoms with Gasteiger partial charge in [-0.3, -0.25) is 0 Å². The molecule has 0 atom stereocenters. The van der Waals surface area contributed by atoms with E-state index in [1.807, 2.05) is 6.92 Å². The number of aromatic nitrogens is 1. The predicted octanol–water partition coefficient (Wildman–Crippen LogP) is -0.708. The normalized spacial score (nSPS) is 9.62. The fraction of sp³-hybridized carbons (Fsp3) is 0.250. The summed E-state index contributed by atoms with van der Waals surface area (Å²) in [6, 6.07) is 0. The molecule has 0 bridgehead atoms. The van der Waals surface area contributed by atoms with Gasteiger partial charge in [0.2, 0.25) is 0 Å². The third kappa shape index (κ3) is 0.874. The zero-order valence-electron chi connectivity index (χ0n) is 4.93. The van der Waals surface area contributed by atoms with Crippen LogP contribution < -0.4 is 10.2 Å². The van der Waals surface area contributed by atoms with Crippen LogP contribution in [0.15, 0.2) is 0 Å². The molecule has 1 rings (SSSR count). The van der Waals surface area contributed by atoms with Crippen LogP contribution in [0.1, 0.15) is 5.69 Å². The van der Waals surface area contributed by atoms with E-state index in [2.05, 4.69) is 4.37 Å². The van der Waals surface area contributed by atoms with Gasteiger partial charge in [-0.05, 0) is 18.5 Å². The van der Waals surface area contributed by atoms with Gasteiger partial charge in [-0.15, -0.1) is 0 Å². The maximum atomic E-state index is 5.53. The van der Waals surface area contributed by atoms with Crippen LogP contribution in [-0.4, -0.2) is 20.7 Å². The number of hydrogen-bond donors (Lipinski definition) is 1. The molecule has 0 amide bonds. The SMILES string of the molecule is Cc1nsc(N)[c]1[AlH2]. The van der Waals surface area contributed by atoms with Crippen molar-refractivity contribution in [3.63, 3.8) is 0 Å². The van der Waals surface area contributed by atoms with Crippen molar-refractivity contribution in [1.29, 1.82) is 0 Å². The minimum atomic E-state index is 0.897. The van der Waals surface area contributed by atoms with E-state index in [9.17, 15) is 0 Å². The second-order valence-electron chi connectivity index (χ2n) is 1.76. The van der Waals surface area contributed by atoms with Crippen LogP contribution in [-0.2, 0) is 0 Å². The highest BCUT2D eigenvalue weighted by atomic mass is 32.1. The first-order chi connectivity index (χ1) is 3.72. The molecule has 0 unspecified atom stereocenters. The van der Waals surface area contributed by atoms with Crippen LogP contribution in [0.5, 0.6) is 0 Å². The fourth-order valence-electron chi connectivity index (χ4n) is 0.433. The molecule has 8 heavy (non-hydrogen) atoms. The molecule has 0 saturated heterocycles. The minimum absolute atomic E-state index is 0.897. The Kier molecular flexibility index (Phi) is 1.57. The average molecular weight is 142 g/mol. The maximum absolute atomic E-state index is 5.53. The second-order valence-corrected chi connectivity index (χ2v) is 3.56. The molecule has 0 spiro atoms. The van der Waals surface area contributed by atoms with Crippen molar-refractivity contribution in [2.24, 2.45) is 0 Å². The lowest BCUT2D eigenvalue weighted by atomic mass is 10.5. The lowest BCUT2D eigenvalue weighted by Crippen LogP contribution is -2.07. The molecule has 2 N–H and O–H groups in total. The summed E-state index contributed by atoms with van der Waals surface area (Å²) in [4.78, 5) is 0. The Morgan fingerprint density at radius 3 is 2.50 bits per heavy atom. The molecule has 0 aliphatic rings. The van der Waals surface area contributed by atoms with Crippen LogP contribution in [0.25, 0.3) is 0 Å². The Bertz CT molecular complexity index is 176. The van der Waals surface area contributed by atoms with Gasteiger partial charge in [0.1, 0.15) is 0 Å². The quantitative estimate of drug-likeness (QED) is 0.486. The van der Waals surface area contributed by atoms with Gasteiger partial charge in [-0.25, -0.2) is 0 Å². The Morgan fingerprint density at radius 2 is 2.38 bits per heavy atom. The molecule has 0 fully saturated rings. The van der Waals surface area contributed by atoms with Crippen molar-refractivity contribution in [2.45, 2.75) is 6.92 Å². The maximum Gasteiger partial charge on any atom is 0.266 e. The van der Waals surface area contributed by atoms with Gasteiger partial charge in [0.15, 0.2) is 0 Å². The number of nitrogens with two attached hydrogens (primary N) is 1. The van der Waals surface area contributed by atoms with Gasteiger partial charge in [-0.1, -0.05) is 4.43 Å².